The van der Waals surface area contributed by atoms with Crippen LogP contribution in [0.1, 0.15) is 15.9 Å². The molecule has 0 unspecified atom stereocenters. The number of pyridine rings is 1. The lowest BCUT2D eigenvalue weighted by Crippen LogP contribution is -2.30. The Balaban J connectivity index is 2.79. The Bertz CT molecular complexity index is 543. The maximum atomic E-state index is 12.6. The molecule has 1 N–H and O–H groups in total. The normalized spacial score (nSPS) is 12.1. The number of rotatable bonds is 2. The van der Waals surface area contributed by atoms with Crippen molar-refractivity contribution >= 4 is 22.9 Å². The standard InChI is InChI=1S/C10H6F6N2O2S/c11-9(12,13)4-21-8(20)18-7(19)5-3-17-2-1-6(5)10(14,15)16/h1-3H,4H2,(H,18,19,20). The highest BCUT2D eigenvalue weighted by molar-refractivity contribution is 8.13. The van der Waals surface area contributed by atoms with E-state index in [0.717, 1.165) is 6.20 Å². The fourth-order valence-electron chi connectivity index (χ4n) is 1.17. The van der Waals surface area contributed by atoms with Gasteiger partial charge in [-0.05, 0) is 6.07 Å². The molecule has 1 rings (SSSR count). The molecule has 0 atom stereocenters. The molecule has 0 spiro atoms. The zero-order valence-corrected chi connectivity index (χ0v) is 10.7. The first-order chi connectivity index (χ1) is 9.50. The molecule has 0 aliphatic carbocycles. The molecule has 11 heteroatoms. The number of carbonyl (C=O) groups is 2. The lowest BCUT2D eigenvalue weighted by Gasteiger charge is -2.11. The number of aromatic nitrogens is 1. The lowest BCUT2D eigenvalue weighted by molar-refractivity contribution is -0.138. The van der Waals surface area contributed by atoms with E-state index in [0.29, 0.717) is 12.3 Å². The van der Waals surface area contributed by atoms with Gasteiger partial charge in [0.2, 0.25) is 0 Å². The van der Waals surface area contributed by atoms with Crippen molar-refractivity contribution in [3.05, 3.63) is 29.6 Å². The number of nitrogens with zero attached hydrogens (tertiary/aromatic N) is 1. The van der Waals surface area contributed by atoms with E-state index in [1.807, 2.05) is 0 Å². The summed E-state index contributed by atoms with van der Waals surface area (Å²) >= 11 is -0.278. The van der Waals surface area contributed by atoms with Gasteiger partial charge in [0.05, 0.1) is 16.9 Å². The van der Waals surface area contributed by atoms with Gasteiger partial charge in [-0.15, -0.1) is 0 Å². The summed E-state index contributed by atoms with van der Waals surface area (Å²) in [6.07, 6.45) is -8.14. The number of halogens is 6. The Kier molecular flexibility index (Phi) is 5.20. The van der Waals surface area contributed by atoms with Crippen LogP contribution in [-0.2, 0) is 6.18 Å². The highest BCUT2D eigenvalue weighted by Gasteiger charge is 2.36. The third kappa shape index (κ3) is 5.61. The number of hydrogen-bond donors (Lipinski definition) is 1. The number of amides is 2. The zero-order valence-electron chi connectivity index (χ0n) is 9.88. The van der Waals surface area contributed by atoms with E-state index in [9.17, 15) is 35.9 Å². The van der Waals surface area contributed by atoms with Gasteiger partial charge in [0, 0.05) is 12.4 Å². The second-order valence-electron chi connectivity index (χ2n) is 3.56. The molecular weight excluding hydrogens is 326 g/mol. The van der Waals surface area contributed by atoms with Crippen molar-refractivity contribution in [1.82, 2.24) is 10.3 Å². The molecule has 1 aromatic rings. The molecule has 0 saturated carbocycles. The predicted molar refractivity (Wildman–Crippen MR) is 60.6 cm³/mol. The third-order valence-electron chi connectivity index (χ3n) is 1.95. The molecule has 1 heterocycles. The summed E-state index contributed by atoms with van der Waals surface area (Å²) in [5.74, 6) is -3.04. The fourth-order valence-corrected chi connectivity index (χ4v) is 1.63. The number of alkyl halides is 6. The van der Waals surface area contributed by atoms with Gasteiger partial charge in [-0.3, -0.25) is 19.9 Å². The minimum absolute atomic E-state index is 0.278. The van der Waals surface area contributed by atoms with E-state index in [1.165, 1.54) is 5.32 Å². The molecule has 0 aliphatic rings. The highest BCUT2D eigenvalue weighted by atomic mass is 32.2. The number of carbonyl (C=O) groups excluding carboxylic acids is 2. The van der Waals surface area contributed by atoms with Gasteiger partial charge in [0.15, 0.2) is 0 Å². The van der Waals surface area contributed by atoms with Crippen LogP contribution in [0, 0.1) is 0 Å². The van der Waals surface area contributed by atoms with Gasteiger partial charge in [-0.25, -0.2) is 0 Å². The van der Waals surface area contributed by atoms with E-state index in [4.69, 9.17) is 0 Å². The average Bonchev–Trinajstić information content (AvgIpc) is 2.34. The topological polar surface area (TPSA) is 59.1 Å². The molecule has 0 aliphatic heterocycles. The van der Waals surface area contributed by atoms with Gasteiger partial charge in [0.1, 0.15) is 0 Å². The maximum absolute atomic E-state index is 12.6. The Labute approximate surface area is 117 Å². The second-order valence-corrected chi connectivity index (χ2v) is 4.51. The van der Waals surface area contributed by atoms with Crippen molar-refractivity contribution in [1.29, 1.82) is 0 Å². The zero-order chi connectivity index (χ0) is 16.3. The SMILES string of the molecule is O=C(NC(=O)c1cnccc1C(F)(F)F)SCC(F)(F)F. The first kappa shape index (κ1) is 17.3. The van der Waals surface area contributed by atoms with E-state index in [1.54, 1.807) is 0 Å². The van der Waals surface area contributed by atoms with Crippen LogP contribution in [0.15, 0.2) is 18.5 Å². The Morgan fingerprint density at radius 1 is 1.19 bits per heavy atom. The minimum Gasteiger partial charge on any atom is -0.283 e. The van der Waals surface area contributed by atoms with Crippen LogP contribution < -0.4 is 5.32 Å². The molecule has 0 aromatic carbocycles. The number of thioether (sulfide) groups is 1. The molecule has 21 heavy (non-hydrogen) atoms. The number of hydrogen-bond acceptors (Lipinski definition) is 4. The van der Waals surface area contributed by atoms with Gasteiger partial charge in [-0.2, -0.15) is 26.3 Å². The first-order valence-electron chi connectivity index (χ1n) is 5.07. The van der Waals surface area contributed by atoms with Crippen LogP contribution in [0.3, 0.4) is 0 Å². The summed E-state index contributed by atoms with van der Waals surface area (Å²) in [6, 6.07) is 0.516. The van der Waals surface area contributed by atoms with Crippen LogP contribution in [0.25, 0.3) is 0 Å². The molecule has 0 fully saturated rings. The monoisotopic (exact) mass is 332 g/mol. The van der Waals surface area contributed by atoms with Gasteiger partial charge in [-0.1, -0.05) is 11.8 Å². The van der Waals surface area contributed by atoms with Crippen molar-refractivity contribution in [3.8, 4) is 0 Å². The Morgan fingerprint density at radius 2 is 1.81 bits per heavy atom. The third-order valence-corrected chi connectivity index (χ3v) is 2.79. The molecule has 0 radical (unpaired) electrons. The van der Waals surface area contributed by atoms with Crippen molar-refractivity contribution < 1.29 is 35.9 Å². The van der Waals surface area contributed by atoms with Gasteiger partial charge in [0.25, 0.3) is 11.1 Å². The molecule has 116 valence electrons. The highest BCUT2D eigenvalue weighted by Crippen LogP contribution is 2.31. The molecular formula is C10H6F6N2O2S. The average molecular weight is 332 g/mol. The van der Waals surface area contributed by atoms with Crippen LogP contribution in [0.4, 0.5) is 31.1 Å². The second kappa shape index (κ2) is 6.33. The van der Waals surface area contributed by atoms with E-state index in [-0.39, 0.29) is 11.8 Å². The van der Waals surface area contributed by atoms with Crippen LogP contribution in [-0.4, -0.2) is 28.1 Å². The Hall–Kier alpha value is -1.78. The Morgan fingerprint density at radius 3 is 2.33 bits per heavy atom. The van der Waals surface area contributed by atoms with Crippen molar-refractivity contribution in [2.45, 2.75) is 12.4 Å². The number of nitrogens with one attached hydrogen (secondary N) is 1. The summed E-state index contributed by atoms with van der Waals surface area (Å²) in [7, 11) is 0. The molecule has 0 saturated heterocycles. The fraction of sp³-hybridized carbons (Fsp3) is 0.300. The van der Waals surface area contributed by atoms with Crippen LogP contribution >= 0.6 is 11.8 Å². The molecule has 1 aromatic heterocycles. The molecule has 4 nitrogen and oxygen atoms in total. The van der Waals surface area contributed by atoms with Gasteiger partial charge < -0.3 is 0 Å². The van der Waals surface area contributed by atoms with Crippen LogP contribution in [0.2, 0.25) is 0 Å². The molecule has 2 amide bonds. The van der Waals surface area contributed by atoms with Gasteiger partial charge >= 0.3 is 12.4 Å². The predicted octanol–water partition coefficient (Wildman–Crippen LogP) is 3.25. The van der Waals surface area contributed by atoms with E-state index >= 15 is 0 Å². The summed E-state index contributed by atoms with van der Waals surface area (Å²) in [6.45, 7) is 0. The van der Waals surface area contributed by atoms with E-state index < -0.39 is 40.4 Å². The summed E-state index contributed by atoms with van der Waals surface area (Å²) < 4.78 is 73.4. The minimum atomic E-state index is -4.86. The molecule has 0 bridgehead atoms. The maximum Gasteiger partial charge on any atom is 0.417 e. The smallest absolute Gasteiger partial charge is 0.283 e. The largest absolute Gasteiger partial charge is 0.417 e. The van der Waals surface area contributed by atoms with E-state index in [2.05, 4.69) is 4.98 Å². The first-order valence-corrected chi connectivity index (χ1v) is 6.05. The summed E-state index contributed by atoms with van der Waals surface area (Å²) in [5, 5.41) is 0.0183. The lowest BCUT2D eigenvalue weighted by atomic mass is 10.1. The quantitative estimate of drug-likeness (QED) is 0.845. The van der Waals surface area contributed by atoms with Crippen molar-refractivity contribution in [2.24, 2.45) is 0 Å². The number of imide groups is 1. The summed E-state index contributed by atoms with van der Waals surface area (Å²) in [4.78, 5) is 25.9. The van der Waals surface area contributed by atoms with Crippen LogP contribution in [0.5, 0.6) is 0 Å². The summed E-state index contributed by atoms with van der Waals surface area (Å²) in [5.41, 5.74) is -2.30. The van der Waals surface area contributed by atoms with Crippen molar-refractivity contribution in [2.75, 3.05) is 5.75 Å². The van der Waals surface area contributed by atoms with Crippen molar-refractivity contribution in [3.63, 3.8) is 0 Å².